The molecule has 0 atom stereocenters. The summed E-state index contributed by atoms with van der Waals surface area (Å²) in [6.45, 7) is 9.38. The molecule has 0 aromatic carbocycles. The van der Waals surface area contributed by atoms with Gasteiger partial charge in [0, 0.05) is 18.8 Å². The van der Waals surface area contributed by atoms with Crippen molar-refractivity contribution in [3.05, 3.63) is 0 Å². The van der Waals surface area contributed by atoms with E-state index in [1.165, 1.54) is 57.4 Å². The van der Waals surface area contributed by atoms with Gasteiger partial charge in [0.2, 0.25) is 0 Å². The van der Waals surface area contributed by atoms with Gasteiger partial charge in [-0.05, 0) is 19.3 Å². The first-order valence-electron chi connectivity index (χ1n) is 6.23. The van der Waals surface area contributed by atoms with E-state index in [9.17, 15) is 0 Å². The Morgan fingerprint density at radius 2 is 1.29 bits per heavy atom. The molecule has 0 unspecified atom stereocenters. The minimum atomic E-state index is 1.28. The number of nitrogens with zero attached hydrogens (tertiary/aromatic N) is 1. The highest BCUT2D eigenvalue weighted by molar-refractivity contribution is 7.97. The van der Waals surface area contributed by atoms with Crippen LogP contribution in [0.25, 0.3) is 0 Å². The standard InChI is InChI=1S/C12H27NS/c1-4-7-10-13(11-8-5-2)14-12-9-6-3/h4-12H2,1-3H3. The molecular formula is C12H27NS. The Bertz CT molecular complexity index is 98.5. The molecule has 0 bridgehead atoms. The molecule has 0 saturated carbocycles. The fourth-order valence-electron chi connectivity index (χ4n) is 1.25. The zero-order valence-corrected chi connectivity index (χ0v) is 11.0. The molecule has 0 fully saturated rings. The zero-order chi connectivity index (χ0) is 10.6. The first kappa shape index (κ1) is 14.3. The Kier molecular flexibility index (Phi) is 11.6. The van der Waals surface area contributed by atoms with E-state index in [1.807, 2.05) is 0 Å². The second-order valence-electron chi connectivity index (χ2n) is 3.82. The van der Waals surface area contributed by atoms with Crippen LogP contribution < -0.4 is 0 Å². The van der Waals surface area contributed by atoms with Crippen LogP contribution in [0.15, 0.2) is 0 Å². The van der Waals surface area contributed by atoms with Gasteiger partial charge in [0.05, 0.1) is 0 Å². The zero-order valence-electron chi connectivity index (χ0n) is 10.2. The fraction of sp³-hybridized carbons (Fsp3) is 1.00. The van der Waals surface area contributed by atoms with E-state index < -0.39 is 0 Å². The van der Waals surface area contributed by atoms with Crippen molar-refractivity contribution in [1.82, 2.24) is 4.31 Å². The van der Waals surface area contributed by atoms with Crippen molar-refractivity contribution in [2.45, 2.75) is 59.3 Å². The maximum Gasteiger partial charge on any atom is 0.00892 e. The van der Waals surface area contributed by atoms with Gasteiger partial charge in [0.1, 0.15) is 0 Å². The van der Waals surface area contributed by atoms with Crippen LogP contribution >= 0.6 is 11.9 Å². The second kappa shape index (κ2) is 11.4. The van der Waals surface area contributed by atoms with Crippen molar-refractivity contribution in [3.8, 4) is 0 Å². The highest BCUT2D eigenvalue weighted by Crippen LogP contribution is 2.14. The predicted molar refractivity (Wildman–Crippen MR) is 68.8 cm³/mol. The van der Waals surface area contributed by atoms with Crippen LogP contribution in [0.4, 0.5) is 0 Å². The summed E-state index contributed by atoms with van der Waals surface area (Å²) in [5.74, 6) is 1.31. The highest BCUT2D eigenvalue weighted by Gasteiger charge is 2.03. The van der Waals surface area contributed by atoms with Crippen LogP contribution in [-0.2, 0) is 0 Å². The lowest BCUT2D eigenvalue weighted by Gasteiger charge is -2.20. The third-order valence-electron chi connectivity index (χ3n) is 2.29. The van der Waals surface area contributed by atoms with E-state index in [0.29, 0.717) is 0 Å². The van der Waals surface area contributed by atoms with Crippen molar-refractivity contribution in [2.24, 2.45) is 0 Å². The second-order valence-corrected chi connectivity index (χ2v) is 5.01. The van der Waals surface area contributed by atoms with Crippen molar-refractivity contribution in [1.29, 1.82) is 0 Å². The molecule has 0 aromatic heterocycles. The number of unbranched alkanes of at least 4 members (excludes halogenated alkanes) is 3. The molecule has 0 amide bonds. The van der Waals surface area contributed by atoms with Crippen LogP contribution in [0.3, 0.4) is 0 Å². The SMILES string of the molecule is CCCCSN(CCCC)CCCC. The molecule has 14 heavy (non-hydrogen) atoms. The molecule has 86 valence electrons. The summed E-state index contributed by atoms with van der Waals surface area (Å²) in [5.41, 5.74) is 0. The number of hydrogen-bond acceptors (Lipinski definition) is 2. The quantitative estimate of drug-likeness (QED) is 0.396. The van der Waals surface area contributed by atoms with E-state index in [-0.39, 0.29) is 0 Å². The Labute approximate surface area is 94.8 Å². The maximum atomic E-state index is 2.57. The summed E-state index contributed by atoms with van der Waals surface area (Å²) in [4.78, 5) is 0. The molecule has 0 saturated heterocycles. The normalized spacial score (nSPS) is 11.1. The first-order chi connectivity index (χ1) is 6.85. The molecular weight excluding hydrogens is 190 g/mol. The van der Waals surface area contributed by atoms with Crippen LogP contribution in [0.2, 0.25) is 0 Å². The Hall–Kier alpha value is 0.310. The molecule has 0 spiro atoms. The van der Waals surface area contributed by atoms with Gasteiger partial charge >= 0.3 is 0 Å². The van der Waals surface area contributed by atoms with E-state index in [0.717, 1.165) is 0 Å². The van der Waals surface area contributed by atoms with Crippen molar-refractivity contribution < 1.29 is 0 Å². The van der Waals surface area contributed by atoms with Gasteiger partial charge in [-0.2, -0.15) is 0 Å². The predicted octanol–water partition coefficient (Wildman–Crippen LogP) is 4.34. The van der Waals surface area contributed by atoms with Crippen LogP contribution in [-0.4, -0.2) is 23.1 Å². The summed E-state index contributed by atoms with van der Waals surface area (Å²) in [7, 11) is 0. The summed E-state index contributed by atoms with van der Waals surface area (Å²) in [6, 6.07) is 0. The third-order valence-corrected chi connectivity index (χ3v) is 3.50. The van der Waals surface area contributed by atoms with Gasteiger partial charge in [-0.3, -0.25) is 4.31 Å². The lowest BCUT2D eigenvalue weighted by atomic mass is 10.3. The molecule has 2 heteroatoms. The average Bonchev–Trinajstić information content (AvgIpc) is 2.21. The molecule has 0 rings (SSSR count). The van der Waals surface area contributed by atoms with E-state index in [4.69, 9.17) is 0 Å². The topological polar surface area (TPSA) is 3.24 Å². The average molecular weight is 217 g/mol. The number of hydrogen-bond donors (Lipinski definition) is 0. The van der Waals surface area contributed by atoms with E-state index in [1.54, 1.807) is 0 Å². The van der Waals surface area contributed by atoms with Crippen LogP contribution in [0, 0.1) is 0 Å². The third kappa shape index (κ3) is 8.89. The summed E-state index contributed by atoms with van der Waals surface area (Å²) in [6.07, 6.45) is 8.02. The fourth-order valence-corrected chi connectivity index (χ4v) is 2.44. The Morgan fingerprint density at radius 1 is 0.786 bits per heavy atom. The largest absolute Gasteiger partial charge is 0.251 e. The lowest BCUT2D eigenvalue weighted by Crippen LogP contribution is -2.19. The molecule has 0 aliphatic rings. The van der Waals surface area contributed by atoms with E-state index in [2.05, 4.69) is 37.0 Å². The van der Waals surface area contributed by atoms with Crippen molar-refractivity contribution in [2.75, 3.05) is 18.8 Å². The smallest absolute Gasteiger partial charge is 0.00892 e. The minimum absolute atomic E-state index is 1.28. The van der Waals surface area contributed by atoms with E-state index >= 15 is 0 Å². The van der Waals surface area contributed by atoms with Crippen molar-refractivity contribution in [3.63, 3.8) is 0 Å². The molecule has 0 radical (unpaired) electrons. The molecule has 0 N–H and O–H groups in total. The molecule has 0 aliphatic carbocycles. The lowest BCUT2D eigenvalue weighted by molar-refractivity contribution is 0.444. The van der Waals surface area contributed by atoms with Crippen LogP contribution in [0.5, 0.6) is 0 Å². The van der Waals surface area contributed by atoms with Gasteiger partial charge < -0.3 is 0 Å². The van der Waals surface area contributed by atoms with Gasteiger partial charge in [-0.25, -0.2) is 0 Å². The Morgan fingerprint density at radius 3 is 1.71 bits per heavy atom. The molecule has 0 heterocycles. The van der Waals surface area contributed by atoms with Crippen LogP contribution in [0.1, 0.15) is 59.3 Å². The first-order valence-corrected chi connectivity index (χ1v) is 7.17. The molecule has 0 aliphatic heterocycles. The summed E-state index contributed by atoms with van der Waals surface area (Å²) in [5, 5.41) is 0. The highest BCUT2D eigenvalue weighted by atomic mass is 32.2. The van der Waals surface area contributed by atoms with Crippen molar-refractivity contribution >= 4 is 11.9 Å². The van der Waals surface area contributed by atoms with Gasteiger partial charge in [0.25, 0.3) is 0 Å². The Balaban J connectivity index is 3.49. The number of rotatable bonds is 10. The van der Waals surface area contributed by atoms with Gasteiger partial charge in [-0.1, -0.05) is 52.0 Å². The summed E-state index contributed by atoms with van der Waals surface area (Å²) < 4.78 is 2.57. The molecule has 0 aromatic rings. The monoisotopic (exact) mass is 217 g/mol. The van der Waals surface area contributed by atoms with Gasteiger partial charge in [-0.15, -0.1) is 0 Å². The summed E-state index contributed by atoms with van der Waals surface area (Å²) >= 11 is 2.06. The van der Waals surface area contributed by atoms with Gasteiger partial charge in [0.15, 0.2) is 0 Å². The molecule has 1 nitrogen and oxygen atoms in total. The maximum absolute atomic E-state index is 2.57. The minimum Gasteiger partial charge on any atom is -0.251 e.